The molecule has 0 aliphatic carbocycles. The molecular weight excluding hydrogens is 226 g/mol. The van der Waals surface area contributed by atoms with Gasteiger partial charge in [-0.2, -0.15) is 5.10 Å². The van der Waals surface area contributed by atoms with Crippen molar-refractivity contribution < 1.29 is 4.74 Å². The number of rotatable bonds is 8. The summed E-state index contributed by atoms with van der Waals surface area (Å²) in [6.45, 7) is 10.2. The van der Waals surface area contributed by atoms with Crippen LogP contribution in [0.5, 0.6) is 0 Å². The molecule has 0 aromatic carbocycles. The zero-order valence-corrected chi connectivity index (χ0v) is 12.4. The number of aromatic nitrogens is 2. The van der Waals surface area contributed by atoms with Gasteiger partial charge in [-0.05, 0) is 46.2 Å². The second-order valence-corrected chi connectivity index (χ2v) is 5.13. The van der Waals surface area contributed by atoms with Crippen LogP contribution in [-0.2, 0) is 18.2 Å². The van der Waals surface area contributed by atoms with Crippen molar-refractivity contribution in [1.82, 2.24) is 15.1 Å². The molecule has 0 saturated carbocycles. The molecule has 1 aromatic rings. The van der Waals surface area contributed by atoms with Gasteiger partial charge in [0.2, 0.25) is 0 Å². The van der Waals surface area contributed by atoms with Crippen LogP contribution in [0.4, 0.5) is 0 Å². The first-order valence-corrected chi connectivity index (χ1v) is 6.85. The van der Waals surface area contributed by atoms with Crippen molar-refractivity contribution in [3.05, 3.63) is 18.0 Å². The lowest BCUT2D eigenvalue weighted by molar-refractivity contribution is -0.0397. The molecule has 0 radical (unpaired) electrons. The van der Waals surface area contributed by atoms with Gasteiger partial charge in [-0.3, -0.25) is 4.68 Å². The summed E-state index contributed by atoms with van der Waals surface area (Å²) in [6, 6.07) is 2.44. The van der Waals surface area contributed by atoms with Crippen molar-refractivity contribution in [3.63, 3.8) is 0 Å². The number of nitrogens with one attached hydrogen (secondary N) is 1. The van der Waals surface area contributed by atoms with E-state index in [-0.39, 0.29) is 5.60 Å². The maximum absolute atomic E-state index is 5.86. The number of hydrogen-bond acceptors (Lipinski definition) is 3. The highest BCUT2D eigenvalue weighted by atomic mass is 16.5. The van der Waals surface area contributed by atoms with Crippen LogP contribution >= 0.6 is 0 Å². The van der Waals surface area contributed by atoms with E-state index in [0.29, 0.717) is 6.04 Å². The van der Waals surface area contributed by atoms with Crippen LogP contribution < -0.4 is 5.32 Å². The van der Waals surface area contributed by atoms with E-state index in [1.807, 2.05) is 24.9 Å². The predicted molar refractivity (Wildman–Crippen MR) is 74.7 cm³/mol. The van der Waals surface area contributed by atoms with Crippen LogP contribution in [0.1, 0.15) is 39.8 Å². The first kappa shape index (κ1) is 15.2. The Bertz CT molecular complexity index is 347. The van der Waals surface area contributed by atoms with E-state index < -0.39 is 0 Å². The van der Waals surface area contributed by atoms with Crippen LogP contribution in [0.3, 0.4) is 0 Å². The summed E-state index contributed by atoms with van der Waals surface area (Å²) in [6.07, 6.45) is 3.93. The fraction of sp³-hybridized carbons (Fsp3) is 0.786. The minimum absolute atomic E-state index is 0.136. The summed E-state index contributed by atoms with van der Waals surface area (Å²) in [4.78, 5) is 0. The molecule has 18 heavy (non-hydrogen) atoms. The molecule has 0 fully saturated rings. The van der Waals surface area contributed by atoms with Gasteiger partial charge in [0.25, 0.3) is 0 Å². The second kappa shape index (κ2) is 6.90. The first-order chi connectivity index (χ1) is 8.51. The van der Waals surface area contributed by atoms with Crippen LogP contribution in [0, 0.1) is 0 Å². The fourth-order valence-electron chi connectivity index (χ4n) is 2.35. The number of hydrogen-bond donors (Lipinski definition) is 1. The molecule has 4 heteroatoms. The Morgan fingerprint density at radius 2 is 2.17 bits per heavy atom. The monoisotopic (exact) mass is 253 g/mol. The summed E-state index contributed by atoms with van der Waals surface area (Å²) in [5.41, 5.74) is 1.13. The standard InChI is InChI=1S/C14H27N3O/c1-6-15-13(14(3,4)18-7-2)9-8-12-10-11-16-17(12)5/h10-11,13,15H,6-9H2,1-5H3. The summed E-state index contributed by atoms with van der Waals surface area (Å²) in [5, 5.41) is 7.74. The van der Waals surface area contributed by atoms with E-state index in [2.05, 4.69) is 37.3 Å². The predicted octanol–water partition coefficient (Wildman–Crippen LogP) is 2.15. The molecule has 0 saturated heterocycles. The molecule has 0 aliphatic rings. The van der Waals surface area contributed by atoms with Crippen molar-refractivity contribution in [2.75, 3.05) is 13.2 Å². The van der Waals surface area contributed by atoms with Gasteiger partial charge in [0.05, 0.1) is 5.60 Å². The van der Waals surface area contributed by atoms with E-state index in [1.54, 1.807) is 0 Å². The van der Waals surface area contributed by atoms with Crippen LogP contribution in [0.2, 0.25) is 0 Å². The Morgan fingerprint density at radius 3 is 2.67 bits per heavy atom. The fourth-order valence-corrected chi connectivity index (χ4v) is 2.35. The van der Waals surface area contributed by atoms with Gasteiger partial charge in [0, 0.05) is 31.6 Å². The summed E-state index contributed by atoms with van der Waals surface area (Å²) in [5.74, 6) is 0. The zero-order chi connectivity index (χ0) is 13.6. The Kier molecular flexibility index (Phi) is 5.82. The number of likely N-dealkylation sites (N-methyl/N-ethyl adjacent to an activating group) is 1. The molecule has 0 bridgehead atoms. The SMILES string of the molecule is CCNC(CCc1ccnn1C)C(C)(C)OCC. The Labute approximate surface area is 111 Å². The van der Waals surface area contributed by atoms with Gasteiger partial charge in [-0.1, -0.05) is 6.92 Å². The Hall–Kier alpha value is -0.870. The third-order valence-corrected chi connectivity index (χ3v) is 3.42. The van der Waals surface area contributed by atoms with Gasteiger partial charge in [0.15, 0.2) is 0 Å². The van der Waals surface area contributed by atoms with Gasteiger partial charge in [0.1, 0.15) is 0 Å². The Morgan fingerprint density at radius 1 is 1.44 bits per heavy atom. The maximum atomic E-state index is 5.86. The topological polar surface area (TPSA) is 39.1 Å². The van der Waals surface area contributed by atoms with Crippen LogP contribution in [-0.4, -0.2) is 34.6 Å². The molecule has 0 spiro atoms. The highest BCUT2D eigenvalue weighted by Gasteiger charge is 2.29. The molecule has 1 N–H and O–H groups in total. The van der Waals surface area contributed by atoms with Gasteiger partial charge in [-0.25, -0.2) is 0 Å². The zero-order valence-electron chi connectivity index (χ0n) is 12.4. The molecule has 1 unspecified atom stereocenters. The normalized spacial score (nSPS) is 13.8. The van der Waals surface area contributed by atoms with Crippen LogP contribution in [0.15, 0.2) is 12.3 Å². The van der Waals surface area contributed by atoms with E-state index in [1.165, 1.54) is 5.69 Å². The van der Waals surface area contributed by atoms with Crippen molar-refractivity contribution >= 4 is 0 Å². The summed E-state index contributed by atoms with van der Waals surface area (Å²) in [7, 11) is 1.99. The number of nitrogens with zero attached hydrogens (tertiary/aromatic N) is 2. The molecular formula is C14H27N3O. The molecule has 1 aromatic heterocycles. The molecule has 0 amide bonds. The van der Waals surface area contributed by atoms with E-state index in [4.69, 9.17) is 4.74 Å². The van der Waals surface area contributed by atoms with Crippen molar-refractivity contribution in [2.24, 2.45) is 7.05 Å². The largest absolute Gasteiger partial charge is 0.374 e. The maximum Gasteiger partial charge on any atom is 0.0778 e. The quantitative estimate of drug-likeness (QED) is 0.771. The lowest BCUT2D eigenvalue weighted by Gasteiger charge is -2.35. The van der Waals surface area contributed by atoms with E-state index in [9.17, 15) is 0 Å². The van der Waals surface area contributed by atoms with Crippen molar-refractivity contribution in [3.8, 4) is 0 Å². The van der Waals surface area contributed by atoms with E-state index >= 15 is 0 Å². The molecule has 4 nitrogen and oxygen atoms in total. The third kappa shape index (κ3) is 4.10. The molecule has 1 atom stereocenters. The minimum Gasteiger partial charge on any atom is -0.374 e. The molecule has 0 aliphatic heterocycles. The number of aryl methyl sites for hydroxylation is 2. The Balaban J connectivity index is 2.60. The van der Waals surface area contributed by atoms with Gasteiger partial charge >= 0.3 is 0 Å². The number of ether oxygens (including phenoxy) is 1. The third-order valence-electron chi connectivity index (χ3n) is 3.42. The van der Waals surface area contributed by atoms with Crippen molar-refractivity contribution in [2.45, 2.75) is 52.2 Å². The lowest BCUT2D eigenvalue weighted by Crippen LogP contribution is -2.49. The summed E-state index contributed by atoms with van der Waals surface area (Å²) < 4.78 is 7.80. The van der Waals surface area contributed by atoms with Crippen molar-refractivity contribution in [1.29, 1.82) is 0 Å². The molecule has 1 rings (SSSR count). The second-order valence-electron chi connectivity index (χ2n) is 5.13. The van der Waals surface area contributed by atoms with Gasteiger partial charge < -0.3 is 10.1 Å². The average molecular weight is 253 g/mol. The smallest absolute Gasteiger partial charge is 0.0778 e. The highest BCUT2D eigenvalue weighted by molar-refractivity contribution is 5.01. The first-order valence-electron chi connectivity index (χ1n) is 6.85. The minimum atomic E-state index is -0.136. The molecule has 104 valence electrons. The lowest BCUT2D eigenvalue weighted by atomic mass is 9.93. The van der Waals surface area contributed by atoms with Crippen LogP contribution in [0.25, 0.3) is 0 Å². The molecule has 1 heterocycles. The van der Waals surface area contributed by atoms with E-state index in [0.717, 1.165) is 26.0 Å². The van der Waals surface area contributed by atoms with Gasteiger partial charge in [-0.15, -0.1) is 0 Å². The highest BCUT2D eigenvalue weighted by Crippen LogP contribution is 2.19. The summed E-state index contributed by atoms with van der Waals surface area (Å²) >= 11 is 0. The average Bonchev–Trinajstić information content (AvgIpc) is 2.70.